The molecule has 1 aromatic rings. The Bertz CT molecular complexity index is 612. The molecule has 0 bridgehead atoms. The van der Waals surface area contributed by atoms with E-state index in [1.54, 1.807) is 6.92 Å². The SMILES string of the molecule is CC(=O)N1CCCC1c1nc(CN(C)C2CCCC2)cc(N(C)C)n1. The minimum Gasteiger partial charge on any atom is -0.363 e. The second kappa shape index (κ2) is 7.68. The second-order valence-electron chi connectivity index (χ2n) is 7.69. The van der Waals surface area contributed by atoms with E-state index in [2.05, 4.69) is 18.0 Å². The molecule has 1 unspecified atom stereocenters. The van der Waals surface area contributed by atoms with Crippen LogP contribution in [0.15, 0.2) is 6.07 Å². The first-order chi connectivity index (χ1) is 12.0. The number of carbonyl (C=O) groups excluding carboxylic acids is 1. The Labute approximate surface area is 151 Å². The molecule has 2 fully saturated rings. The smallest absolute Gasteiger partial charge is 0.220 e. The maximum absolute atomic E-state index is 11.9. The fraction of sp³-hybridized carbons (Fsp3) is 0.737. The molecule has 1 aliphatic carbocycles. The first-order valence-electron chi connectivity index (χ1n) is 9.48. The molecular weight excluding hydrogens is 314 g/mol. The molecule has 1 amide bonds. The predicted molar refractivity (Wildman–Crippen MR) is 99.4 cm³/mol. The number of carbonyl (C=O) groups is 1. The van der Waals surface area contributed by atoms with Crippen molar-refractivity contribution in [1.29, 1.82) is 0 Å². The lowest BCUT2D eigenvalue weighted by molar-refractivity contribution is -0.129. The van der Waals surface area contributed by atoms with Crippen molar-refractivity contribution in [3.63, 3.8) is 0 Å². The van der Waals surface area contributed by atoms with Crippen LogP contribution < -0.4 is 4.90 Å². The van der Waals surface area contributed by atoms with E-state index in [0.717, 1.165) is 43.3 Å². The highest BCUT2D eigenvalue weighted by Crippen LogP contribution is 2.31. The van der Waals surface area contributed by atoms with Gasteiger partial charge in [-0.25, -0.2) is 9.97 Å². The highest BCUT2D eigenvalue weighted by molar-refractivity contribution is 5.74. The molecule has 0 radical (unpaired) electrons. The molecule has 138 valence electrons. The molecule has 2 heterocycles. The molecule has 1 aromatic heterocycles. The zero-order valence-electron chi connectivity index (χ0n) is 16.0. The van der Waals surface area contributed by atoms with Crippen molar-refractivity contribution >= 4 is 11.7 Å². The number of rotatable bonds is 5. The lowest BCUT2D eigenvalue weighted by atomic mass is 10.2. The van der Waals surface area contributed by atoms with Crippen molar-refractivity contribution in [2.24, 2.45) is 0 Å². The van der Waals surface area contributed by atoms with Gasteiger partial charge in [-0.2, -0.15) is 0 Å². The molecule has 1 saturated heterocycles. The predicted octanol–water partition coefficient (Wildman–Crippen LogP) is 2.60. The van der Waals surface area contributed by atoms with Gasteiger partial charge in [-0.3, -0.25) is 9.69 Å². The zero-order chi connectivity index (χ0) is 18.0. The topological polar surface area (TPSA) is 52.6 Å². The summed E-state index contributed by atoms with van der Waals surface area (Å²) in [4.78, 5) is 27.9. The fourth-order valence-electron chi connectivity index (χ4n) is 4.10. The number of hydrogen-bond acceptors (Lipinski definition) is 5. The molecule has 0 spiro atoms. The van der Waals surface area contributed by atoms with Gasteiger partial charge in [0.1, 0.15) is 5.82 Å². The van der Waals surface area contributed by atoms with Crippen LogP contribution in [0.4, 0.5) is 5.82 Å². The largest absolute Gasteiger partial charge is 0.363 e. The Morgan fingerprint density at radius 2 is 1.88 bits per heavy atom. The summed E-state index contributed by atoms with van der Waals surface area (Å²) in [6.45, 7) is 3.30. The van der Waals surface area contributed by atoms with Crippen molar-refractivity contribution in [2.45, 2.75) is 64.1 Å². The molecule has 25 heavy (non-hydrogen) atoms. The molecule has 0 N–H and O–H groups in total. The lowest BCUT2D eigenvalue weighted by Gasteiger charge is -2.26. The zero-order valence-corrected chi connectivity index (χ0v) is 16.0. The molecule has 1 saturated carbocycles. The first kappa shape index (κ1) is 18.1. The molecular formula is C19H31N5O. The number of anilines is 1. The molecule has 0 aromatic carbocycles. The Morgan fingerprint density at radius 1 is 1.16 bits per heavy atom. The Kier molecular flexibility index (Phi) is 5.57. The van der Waals surface area contributed by atoms with Crippen molar-refractivity contribution in [1.82, 2.24) is 19.8 Å². The van der Waals surface area contributed by atoms with Crippen molar-refractivity contribution < 1.29 is 4.79 Å². The van der Waals surface area contributed by atoms with Crippen LogP contribution in [0, 0.1) is 0 Å². The minimum atomic E-state index is 0.0212. The van der Waals surface area contributed by atoms with E-state index in [4.69, 9.17) is 9.97 Å². The van der Waals surface area contributed by atoms with Crippen LogP contribution in [-0.4, -0.2) is 59.4 Å². The number of hydrogen-bond donors (Lipinski definition) is 0. The normalized spacial score (nSPS) is 21.3. The molecule has 3 rings (SSSR count). The average Bonchev–Trinajstić information content (AvgIpc) is 3.26. The third-order valence-corrected chi connectivity index (χ3v) is 5.56. The first-order valence-corrected chi connectivity index (χ1v) is 9.48. The molecule has 1 aliphatic heterocycles. The summed E-state index contributed by atoms with van der Waals surface area (Å²) < 4.78 is 0. The van der Waals surface area contributed by atoms with E-state index in [-0.39, 0.29) is 11.9 Å². The highest BCUT2D eigenvalue weighted by atomic mass is 16.2. The molecule has 2 aliphatic rings. The molecule has 1 atom stereocenters. The van der Waals surface area contributed by atoms with Crippen LogP contribution in [0.3, 0.4) is 0 Å². The van der Waals surface area contributed by atoms with Gasteiger partial charge in [0.05, 0.1) is 11.7 Å². The number of nitrogens with zero attached hydrogens (tertiary/aromatic N) is 5. The molecule has 6 nitrogen and oxygen atoms in total. The van der Waals surface area contributed by atoms with Gasteiger partial charge in [0.15, 0.2) is 5.82 Å². The van der Waals surface area contributed by atoms with Gasteiger partial charge >= 0.3 is 0 Å². The van der Waals surface area contributed by atoms with Gasteiger partial charge in [0, 0.05) is 46.2 Å². The van der Waals surface area contributed by atoms with Crippen LogP contribution in [-0.2, 0) is 11.3 Å². The van der Waals surface area contributed by atoms with E-state index in [9.17, 15) is 4.79 Å². The Hall–Kier alpha value is -1.69. The average molecular weight is 345 g/mol. The summed E-state index contributed by atoms with van der Waals surface area (Å²) in [5.41, 5.74) is 1.05. The van der Waals surface area contributed by atoms with E-state index in [1.807, 2.05) is 23.9 Å². The second-order valence-corrected chi connectivity index (χ2v) is 7.69. The van der Waals surface area contributed by atoms with Crippen LogP contribution in [0.2, 0.25) is 0 Å². The van der Waals surface area contributed by atoms with Gasteiger partial charge in [-0.05, 0) is 32.7 Å². The van der Waals surface area contributed by atoms with Gasteiger partial charge in [-0.1, -0.05) is 12.8 Å². The van der Waals surface area contributed by atoms with Crippen LogP contribution in [0.1, 0.15) is 63.0 Å². The van der Waals surface area contributed by atoms with Crippen LogP contribution in [0.5, 0.6) is 0 Å². The summed E-state index contributed by atoms with van der Waals surface area (Å²) in [5.74, 6) is 1.84. The van der Waals surface area contributed by atoms with E-state index in [0.29, 0.717) is 6.04 Å². The highest BCUT2D eigenvalue weighted by Gasteiger charge is 2.31. The van der Waals surface area contributed by atoms with Crippen molar-refractivity contribution in [3.8, 4) is 0 Å². The summed E-state index contributed by atoms with van der Waals surface area (Å²) in [5, 5.41) is 0. The van der Waals surface area contributed by atoms with Gasteiger partial charge in [0.2, 0.25) is 5.91 Å². The van der Waals surface area contributed by atoms with Gasteiger partial charge in [0.25, 0.3) is 0 Å². The standard InChI is InChI=1S/C19H31N5O/c1-14(25)24-11-7-10-17(24)19-20-15(12-18(21-19)22(2)3)13-23(4)16-8-5-6-9-16/h12,16-17H,5-11,13H2,1-4H3. The Morgan fingerprint density at radius 3 is 2.52 bits per heavy atom. The van der Waals surface area contributed by atoms with Crippen LogP contribution >= 0.6 is 0 Å². The molecule has 6 heteroatoms. The Balaban J connectivity index is 1.85. The van der Waals surface area contributed by atoms with E-state index in [1.165, 1.54) is 25.7 Å². The van der Waals surface area contributed by atoms with Gasteiger partial charge in [-0.15, -0.1) is 0 Å². The van der Waals surface area contributed by atoms with Crippen molar-refractivity contribution in [2.75, 3.05) is 32.6 Å². The van der Waals surface area contributed by atoms with E-state index >= 15 is 0 Å². The lowest BCUT2D eigenvalue weighted by Crippen LogP contribution is -2.31. The minimum absolute atomic E-state index is 0.0212. The maximum atomic E-state index is 11.9. The van der Waals surface area contributed by atoms with E-state index < -0.39 is 0 Å². The third kappa shape index (κ3) is 4.11. The van der Waals surface area contributed by atoms with Crippen molar-refractivity contribution in [3.05, 3.63) is 17.6 Å². The third-order valence-electron chi connectivity index (χ3n) is 5.56. The summed E-state index contributed by atoms with van der Waals surface area (Å²) in [6, 6.07) is 2.77. The van der Waals surface area contributed by atoms with Crippen LogP contribution in [0.25, 0.3) is 0 Å². The summed E-state index contributed by atoms with van der Waals surface area (Å²) >= 11 is 0. The maximum Gasteiger partial charge on any atom is 0.220 e. The monoisotopic (exact) mass is 345 g/mol. The summed E-state index contributed by atoms with van der Waals surface area (Å²) in [6.07, 6.45) is 7.22. The number of aromatic nitrogens is 2. The summed E-state index contributed by atoms with van der Waals surface area (Å²) in [7, 11) is 6.21. The number of amides is 1. The fourth-order valence-corrected chi connectivity index (χ4v) is 4.10. The quantitative estimate of drug-likeness (QED) is 0.821. The van der Waals surface area contributed by atoms with Gasteiger partial charge < -0.3 is 9.80 Å². The number of likely N-dealkylation sites (tertiary alicyclic amines) is 1.